The highest BCUT2D eigenvalue weighted by Gasteiger charge is 2.05. The molecule has 0 aliphatic carbocycles. The Morgan fingerprint density at radius 1 is 1.38 bits per heavy atom. The van der Waals surface area contributed by atoms with E-state index in [-0.39, 0.29) is 5.54 Å². The molecule has 0 aliphatic heterocycles. The van der Waals surface area contributed by atoms with Crippen molar-refractivity contribution in [2.24, 2.45) is 5.73 Å². The van der Waals surface area contributed by atoms with Gasteiger partial charge in [0.2, 0.25) is 0 Å². The molecular formula is C6H16N2. The number of rotatable bonds is 2. The van der Waals surface area contributed by atoms with Gasteiger partial charge in [0.25, 0.3) is 0 Å². The summed E-state index contributed by atoms with van der Waals surface area (Å²) >= 11 is 0. The van der Waals surface area contributed by atoms with Crippen LogP contribution in [-0.4, -0.2) is 18.6 Å². The van der Waals surface area contributed by atoms with E-state index in [1.165, 1.54) is 0 Å². The van der Waals surface area contributed by atoms with Crippen LogP contribution in [0.5, 0.6) is 0 Å². The van der Waals surface area contributed by atoms with Crippen molar-refractivity contribution in [3.63, 3.8) is 0 Å². The molecule has 0 aromatic heterocycles. The van der Waals surface area contributed by atoms with Crippen LogP contribution in [0.15, 0.2) is 0 Å². The zero-order chi connectivity index (χ0) is 6.62. The quantitative estimate of drug-likeness (QED) is 0.545. The summed E-state index contributed by atoms with van der Waals surface area (Å²) in [5.41, 5.74) is 5.49. The zero-order valence-electron chi connectivity index (χ0n) is 5.99. The highest BCUT2D eigenvalue weighted by Crippen LogP contribution is 1.95. The molecule has 0 aromatic carbocycles. The molecule has 0 aromatic rings. The molecule has 2 nitrogen and oxygen atoms in total. The first-order valence-electron chi connectivity index (χ1n) is 3.01. The molecule has 50 valence electrons. The summed E-state index contributed by atoms with van der Waals surface area (Å²) in [4.78, 5) is 0. The van der Waals surface area contributed by atoms with Crippen LogP contribution in [0, 0.1) is 0 Å². The second-order valence-corrected chi connectivity index (χ2v) is 2.97. The van der Waals surface area contributed by atoms with Gasteiger partial charge < -0.3 is 11.1 Å². The van der Waals surface area contributed by atoms with Gasteiger partial charge in [-0.05, 0) is 20.8 Å². The van der Waals surface area contributed by atoms with Crippen LogP contribution in [0.1, 0.15) is 20.8 Å². The van der Waals surface area contributed by atoms with Crippen molar-refractivity contribution in [2.45, 2.75) is 26.3 Å². The van der Waals surface area contributed by atoms with E-state index >= 15 is 0 Å². The summed E-state index contributed by atoms with van der Waals surface area (Å²) in [5, 5.41) is 3.25. The van der Waals surface area contributed by atoms with Gasteiger partial charge in [0.1, 0.15) is 0 Å². The Kier molecular flexibility index (Phi) is 3.02. The number of hydrogen-bond acceptors (Lipinski definition) is 2. The second-order valence-electron chi connectivity index (χ2n) is 2.97. The van der Waals surface area contributed by atoms with Gasteiger partial charge in [-0.3, -0.25) is 0 Å². The predicted molar refractivity (Wildman–Crippen MR) is 36.8 cm³/mol. The van der Waals surface area contributed by atoms with E-state index < -0.39 is 0 Å². The topological polar surface area (TPSA) is 38.0 Å². The third-order valence-electron chi connectivity index (χ3n) is 0.800. The lowest BCUT2D eigenvalue weighted by atomic mass is 10.1. The summed E-state index contributed by atoms with van der Waals surface area (Å²) in [5.74, 6) is 0. The fourth-order valence-corrected chi connectivity index (χ4v) is 0.447. The van der Waals surface area contributed by atoms with E-state index in [0.29, 0.717) is 0 Å². The molecule has 2 heteroatoms. The number of nitrogens with one attached hydrogen (secondary N) is 1. The Morgan fingerprint density at radius 3 is 2.00 bits per heavy atom. The number of hydrogen-bond donors (Lipinski definition) is 2. The minimum atomic E-state index is 0.222. The average molecular weight is 116 g/mol. The van der Waals surface area contributed by atoms with Gasteiger partial charge in [-0.1, -0.05) is 0 Å². The molecule has 0 atom stereocenters. The lowest BCUT2D eigenvalue weighted by molar-refractivity contribution is 0.432. The SMILES string of the molecule is CC(C)(C)NCCN. The summed E-state index contributed by atoms with van der Waals surface area (Å²) in [6.45, 7) is 8.01. The molecule has 3 N–H and O–H groups in total. The van der Waals surface area contributed by atoms with Gasteiger partial charge in [-0.25, -0.2) is 0 Å². The van der Waals surface area contributed by atoms with Crippen LogP contribution < -0.4 is 11.1 Å². The molecule has 0 fully saturated rings. The Balaban J connectivity index is 3.11. The molecule has 0 heterocycles. The summed E-state index contributed by atoms with van der Waals surface area (Å²) in [6.07, 6.45) is 0. The molecule has 0 rings (SSSR count). The van der Waals surface area contributed by atoms with E-state index in [0.717, 1.165) is 13.1 Å². The minimum absolute atomic E-state index is 0.222. The zero-order valence-corrected chi connectivity index (χ0v) is 5.99. The third kappa shape index (κ3) is 5.92. The average Bonchev–Trinajstić information content (AvgIpc) is 1.59. The van der Waals surface area contributed by atoms with Gasteiger partial charge in [-0.15, -0.1) is 0 Å². The van der Waals surface area contributed by atoms with Crippen LogP contribution in [0.25, 0.3) is 0 Å². The summed E-state index contributed by atoms with van der Waals surface area (Å²) in [6, 6.07) is 0. The summed E-state index contributed by atoms with van der Waals surface area (Å²) in [7, 11) is 0. The standard InChI is InChI=1S/C6H16N2/c1-6(2,3)8-5-4-7/h8H,4-5,7H2,1-3H3. The van der Waals surface area contributed by atoms with E-state index in [9.17, 15) is 0 Å². The van der Waals surface area contributed by atoms with Crippen molar-refractivity contribution in [1.29, 1.82) is 0 Å². The maximum Gasteiger partial charge on any atom is 0.00970 e. The lowest BCUT2D eigenvalue weighted by Crippen LogP contribution is -2.38. The second kappa shape index (κ2) is 3.05. The first-order chi connectivity index (χ1) is 3.56. The maximum absolute atomic E-state index is 5.27. The van der Waals surface area contributed by atoms with E-state index in [1.807, 2.05) is 0 Å². The lowest BCUT2D eigenvalue weighted by Gasteiger charge is -2.19. The van der Waals surface area contributed by atoms with Gasteiger partial charge in [-0.2, -0.15) is 0 Å². The van der Waals surface area contributed by atoms with E-state index in [1.54, 1.807) is 0 Å². The maximum atomic E-state index is 5.27. The molecule has 0 bridgehead atoms. The Bertz CT molecular complexity index is 54.0. The molecule has 8 heavy (non-hydrogen) atoms. The molecule has 0 amide bonds. The van der Waals surface area contributed by atoms with Crippen molar-refractivity contribution in [2.75, 3.05) is 13.1 Å². The smallest absolute Gasteiger partial charge is 0.00970 e. The monoisotopic (exact) mass is 116 g/mol. The molecular weight excluding hydrogens is 100 g/mol. The van der Waals surface area contributed by atoms with Gasteiger partial charge >= 0.3 is 0 Å². The van der Waals surface area contributed by atoms with Crippen molar-refractivity contribution < 1.29 is 0 Å². The van der Waals surface area contributed by atoms with Crippen molar-refractivity contribution >= 4 is 0 Å². The van der Waals surface area contributed by atoms with Gasteiger partial charge in [0.05, 0.1) is 0 Å². The highest BCUT2D eigenvalue weighted by atomic mass is 14.9. The third-order valence-corrected chi connectivity index (χ3v) is 0.800. The van der Waals surface area contributed by atoms with Crippen LogP contribution in [0.4, 0.5) is 0 Å². The van der Waals surface area contributed by atoms with Crippen LogP contribution in [-0.2, 0) is 0 Å². The molecule has 0 radical (unpaired) electrons. The predicted octanol–water partition coefficient (Wildman–Crippen LogP) is 0.333. The summed E-state index contributed by atoms with van der Waals surface area (Å²) < 4.78 is 0. The molecule has 0 saturated heterocycles. The van der Waals surface area contributed by atoms with Crippen LogP contribution in [0.3, 0.4) is 0 Å². The first-order valence-corrected chi connectivity index (χ1v) is 3.01. The fraction of sp³-hybridized carbons (Fsp3) is 1.00. The van der Waals surface area contributed by atoms with Crippen molar-refractivity contribution in [1.82, 2.24) is 5.32 Å². The first kappa shape index (κ1) is 7.92. The van der Waals surface area contributed by atoms with Crippen LogP contribution >= 0.6 is 0 Å². The molecule has 0 saturated carbocycles. The van der Waals surface area contributed by atoms with Crippen molar-refractivity contribution in [3.05, 3.63) is 0 Å². The van der Waals surface area contributed by atoms with Crippen LogP contribution in [0.2, 0.25) is 0 Å². The highest BCUT2D eigenvalue weighted by molar-refractivity contribution is 4.69. The fourth-order valence-electron chi connectivity index (χ4n) is 0.447. The van der Waals surface area contributed by atoms with Gasteiger partial charge in [0, 0.05) is 18.6 Å². The Morgan fingerprint density at radius 2 is 1.88 bits per heavy atom. The minimum Gasteiger partial charge on any atom is -0.329 e. The molecule has 0 spiro atoms. The number of nitrogens with two attached hydrogens (primary N) is 1. The van der Waals surface area contributed by atoms with E-state index in [2.05, 4.69) is 26.1 Å². The Hall–Kier alpha value is -0.0800. The van der Waals surface area contributed by atoms with Crippen molar-refractivity contribution in [3.8, 4) is 0 Å². The van der Waals surface area contributed by atoms with E-state index in [4.69, 9.17) is 5.73 Å². The normalized spacial score (nSPS) is 12.0. The molecule has 0 unspecified atom stereocenters. The Labute approximate surface area is 51.5 Å². The van der Waals surface area contributed by atoms with Gasteiger partial charge in [0.15, 0.2) is 0 Å². The molecule has 0 aliphatic rings. The largest absolute Gasteiger partial charge is 0.329 e.